The number of hydrogen-bond acceptors (Lipinski definition) is 4. The average Bonchev–Trinajstić information content (AvgIpc) is 2.37. The maximum atomic E-state index is 11.2. The zero-order valence-electron chi connectivity index (χ0n) is 10.5. The maximum absolute atomic E-state index is 11.2. The van der Waals surface area contributed by atoms with E-state index in [0.717, 1.165) is 12.0 Å². The number of esters is 1. The highest BCUT2D eigenvalue weighted by Crippen LogP contribution is 2.19. The summed E-state index contributed by atoms with van der Waals surface area (Å²) >= 11 is 0. The first-order chi connectivity index (χ1) is 8.08. The minimum absolute atomic E-state index is 0.0436. The van der Waals surface area contributed by atoms with Gasteiger partial charge in [-0.3, -0.25) is 0 Å². The van der Waals surface area contributed by atoms with Crippen molar-refractivity contribution in [3.8, 4) is 5.75 Å². The molecule has 2 atom stereocenters. The van der Waals surface area contributed by atoms with E-state index in [4.69, 9.17) is 10.5 Å². The van der Waals surface area contributed by atoms with Crippen LogP contribution in [0.1, 0.15) is 31.9 Å². The fourth-order valence-corrected chi connectivity index (χ4v) is 1.45. The lowest BCUT2D eigenvalue weighted by Crippen LogP contribution is -2.24. The largest absolute Gasteiger partial charge is 0.479 e. The molecule has 0 spiro atoms. The Bertz CT molecular complexity index is 361. The fraction of sp³-hybridized carbons (Fsp3) is 0.462. The minimum Gasteiger partial charge on any atom is -0.479 e. The lowest BCUT2D eigenvalue weighted by molar-refractivity contribution is -0.147. The predicted octanol–water partition coefficient (Wildman–Crippen LogP) is 2.04. The van der Waals surface area contributed by atoms with Crippen LogP contribution < -0.4 is 10.5 Å². The molecule has 0 saturated carbocycles. The topological polar surface area (TPSA) is 61.5 Å². The van der Waals surface area contributed by atoms with Gasteiger partial charge in [0.05, 0.1) is 7.11 Å². The molecule has 4 nitrogen and oxygen atoms in total. The molecule has 1 unspecified atom stereocenters. The second-order valence-electron chi connectivity index (χ2n) is 3.87. The molecular formula is C13H19NO3. The van der Waals surface area contributed by atoms with Crippen LogP contribution in [0, 0.1) is 0 Å². The molecule has 1 aromatic rings. The van der Waals surface area contributed by atoms with Gasteiger partial charge in [0, 0.05) is 6.04 Å². The number of hydrogen-bond donors (Lipinski definition) is 1. The van der Waals surface area contributed by atoms with E-state index in [1.807, 2.05) is 31.2 Å². The third kappa shape index (κ3) is 3.75. The van der Waals surface area contributed by atoms with Gasteiger partial charge in [0.1, 0.15) is 5.75 Å². The lowest BCUT2D eigenvalue weighted by atomic mass is 10.1. The van der Waals surface area contributed by atoms with Crippen LogP contribution in [-0.4, -0.2) is 19.2 Å². The van der Waals surface area contributed by atoms with Gasteiger partial charge in [-0.05, 0) is 31.0 Å². The van der Waals surface area contributed by atoms with E-state index in [0.29, 0.717) is 5.75 Å². The van der Waals surface area contributed by atoms with Crippen LogP contribution >= 0.6 is 0 Å². The van der Waals surface area contributed by atoms with Gasteiger partial charge >= 0.3 is 5.97 Å². The Hall–Kier alpha value is -1.55. The van der Waals surface area contributed by atoms with Crippen LogP contribution in [0.2, 0.25) is 0 Å². The Morgan fingerprint density at radius 1 is 1.35 bits per heavy atom. The van der Waals surface area contributed by atoms with Crippen LogP contribution in [-0.2, 0) is 9.53 Å². The summed E-state index contributed by atoms with van der Waals surface area (Å²) in [5, 5.41) is 0. The van der Waals surface area contributed by atoms with E-state index in [1.165, 1.54) is 7.11 Å². The second kappa shape index (κ2) is 6.25. The molecule has 94 valence electrons. The van der Waals surface area contributed by atoms with Crippen LogP contribution in [0.3, 0.4) is 0 Å². The molecule has 0 radical (unpaired) electrons. The maximum Gasteiger partial charge on any atom is 0.346 e. The van der Waals surface area contributed by atoms with Crippen molar-refractivity contribution in [2.45, 2.75) is 32.4 Å². The van der Waals surface area contributed by atoms with Gasteiger partial charge in [0.25, 0.3) is 0 Å². The molecule has 0 fully saturated rings. The zero-order chi connectivity index (χ0) is 12.8. The third-order valence-corrected chi connectivity index (χ3v) is 2.59. The van der Waals surface area contributed by atoms with Gasteiger partial charge < -0.3 is 15.2 Å². The van der Waals surface area contributed by atoms with Gasteiger partial charge in [0.2, 0.25) is 0 Å². The van der Waals surface area contributed by atoms with Gasteiger partial charge in [-0.15, -0.1) is 0 Å². The van der Waals surface area contributed by atoms with E-state index in [-0.39, 0.29) is 12.0 Å². The summed E-state index contributed by atoms with van der Waals surface area (Å²) in [5.74, 6) is 0.245. The summed E-state index contributed by atoms with van der Waals surface area (Å²) in [6.45, 7) is 3.69. The van der Waals surface area contributed by atoms with Crippen molar-refractivity contribution in [3.05, 3.63) is 29.8 Å². The summed E-state index contributed by atoms with van der Waals surface area (Å²) in [4.78, 5) is 11.2. The van der Waals surface area contributed by atoms with Crippen molar-refractivity contribution in [1.29, 1.82) is 0 Å². The van der Waals surface area contributed by atoms with Crippen molar-refractivity contribution >= 4 is 5.97 Å². The molecule has 0 heterocycles. The summed E-state index contributed by atoms with van der Waals surface area (Å²) in [6.07, 6.45) is 0.282. The zero-order valence-corrected chi connectivity index (χ0v) is 10.5. The molecule has 4 heteroatoms. The number of ether oxygens (including phenoxy) is 2. The Morgan fingerprint density at radius 2 is 1.94 bits per heavy atom. The summed E-state index contributed by atoms with van der Waals surface area (Å²) in [7, 11) is 1.34. The Labute approximate surface area is 102 Å². The Kier molecular flexibility index (Phi) is 4.97. The van der Waals surface area contributed by atoms with E-state index in [9.17, 15) is 4.79 Å². The first-order valence-electron chi connectivity index (χ1n) is 5.68. The van der Waals surface area contributed by atoms with Gasteiger partial charge in [-0.1, -0.05) is 19.1 Å². The van der Waals surface area contributed by atoms with E-state index >= 15 is 0 Å². The average molecular weight is 237 g/mol. The molecule has 2 N–H and O–H groups in total. The molecule has 0 aliphatic carbocycles. The van der Waals surface area contributed by atoms with Crippen molar-refractivity contribution < 1.29 is 14.3 Å². The molecule has 0 amide bonds. The number of methoxy groups -OCH3 is 1. The Morgan fingerprint density at radius 3 is 2.41 bits per heavy atom. The molecule has 0 bridgehead atoms. The first kappa shape index (κ1) is 13.5. The molecule has 0 aromatic heterocycles. The van der Waals surface area contributed by atoms with Gasteiger partial charge in [0.15, 0.2) is 6.10 Å². The number of carbonyl (C=O) groups excluding carboxylic acids is 1. The summed E-state index contributed by atoms with van der Waals surface area (Å²) in [6, 6.07) is 7.48. The smallest absolute Gasteiger partial charge is 0.346 e. The molecule has 1 rings (SSSR count). The Balaban J connectivity index is 2.65. The van der Waals surface area contributed by atoms with E-state index < -0.39 is 6.10 Å². The molecule has 17 heavy (non-hydrogen) atoms. The lowest BCUT2D eigenvalue weighted by Gasteiger charge is -2.14. The van der Waals surface area contributed by atoms with Crippen LogP contribution in [0.15, 0.2) is 24.3 Å². The van der Waals surface area contributed by atoms with Crippen LogP contribution in [0.5, 0.6) is 5.75 Å². The van der Waals surface area contributed by atoms with Crippen molar-refractivity contribution in [1.82, 2.24) is 0 Å². The number of carbonyl (C=O) groups is 1. The van der Waals surface area contributed by atoms with Crippen molar-refractivity contribution in [2.24, 2.45) is 5.73 Å². The van der Waals surface area contributed by atoms with Crippen molar-refractivity contribution in [3.63, 3.8) is 0 Å². The highest BCUT2D eigenvalue weighted by atomic mass is 16.6. The normalized spacial score (nSPS) is 13.9. The first-order valence-corrected chi connectivity index (χ1v) is 5.68. The SMILES string of the molecule is CC[C@@H](N)c1ccc(OC(C)C(=O)OC)cc1. The highest BCUT2D eigenvalue weighted by molar-refractivity contribution is 5.74. The van der Waals surface area contributed by atoms with Crippen LogP contribution in [0.4, 0.5) is 0 Å². The molecule has 0 saturated heterocycles. The predicted molar refractivity (Wildman–Crippen MR) is 65.8 cm³/mol. The molecule has 0 aliphatic heterocycles. The minimum atomic E-state index is -0.606. The molecule has 0 aliphatic rings. The van der Waals surface area contributed by atoms with Gasteiger partial charge in [-0.2, -0.15) is 0 Å². The summed E-state index contributed by atoms with van der Waals surface area (Å²) in [5.41, 5.74) is 6.96. The number of benzene rings is 1. The quantitative estimate of drug-likeness (QED) is 0.796. The summed E-state index contributed by atoms with van der Waals surface area (Å²) < 4.78 is 10.00. The highest BCUT2D eigenvalue weighted by Gasteiger charge is 2.14. The molecular weight excluding hydrogens is 218 g/mol. The van der Waals surface area contributed by atoms with Gasteiger partial charge in [-0.25, -0.2) is 4.79 Å². The van der Waals surface area contributed by atoms with Crippen LogP contribution in [0.25, 0.3) is 0 Å². The fourth-order valence-electron chi connectivity index (χ4n) is 1.45. The molecule has 1 aromatic carbocycles. The van der Waals surface area contributed by atoms with Crippen molar-refractivity contribution in [2.75, 3.05) is 7.11 Å². The standard InChI is InChI=1S/C13H19NO3/c1-4-12(14)10-5-7-11(8-6-10)17-9(2)13(15)16-3/h5-9,12H,4,14H2,1-3H3/t9?,12-/m1/s1. The number of nitrogens with two attached hydrogens (primary N) is 1. The monoisotopic (exact) mass is 237 g/mol. The number of rotatable bonds is 5. The second-order valence-corrected chi connectivity index (χ2v) is 3.87. The third-order valence-electron chi connectivity index (χ3n) is 2.59. The van der Waals surface area contributed by atoms with E-state index in [1.54, 1.807) is 6.92 Å². The van der Waals surface area contributed by atoms with E-state index in [2.05, 4.69) is 4.74 Å².